The van der Waals surface area contributed by atoms with Crippen LogP contribution in [0.4, 0.5) is 9.52 Å². The number of alkyl halides is 1. The summed E-state index contributed by atoms with van der Waals surface area (Å²) in [6, 6.07) is 8.02. The number of anilines is 1. The SMILES string of the molecule is Cc1ccnc(C)c1-c1ccc2nc(NC(=O)C3C[C@@H]3F)sc2c1. The van der Waals surface area contributed by atoms with Crippen molar-refractivity contribution in [1.29, 1.82) is 0 Å². The minimum Gasteiger partial charge on any atom is -0.302 e. The molecule has 1 aromatic carbocycles. The molecular formula is C18H16FN3OS. The Kier molecular flexibility index (Phi) is 3.57. The minimum absolute atomic E-state index is 0.277. The molecule has 1 aliphatic carbocycles. The van der Waals surface area contributed by atoms with Gasteiger partial charge in [0.15, 0.2) is 5.13 Å². The molecule has 1 N–H and O–H groups in total. The molecule has 1 saturated carbocycles. The van der Waals surface area contributed by atoms with Crippen molar-refractivity contribution in [3.63, 3.8) is 0 Å². The van der Waals surface area contributed by atoms with Crippen molar-refractivity contribution in [2.75, 3.05) is 5.32 Å². The maximum Gasteiger partial charge on any atom is 0.232 e. The number of aryl methyl sites for hydroxylation is 2. The standard InChI is InChI=1S/C18H16FN3OS/c1-9-5-6-20-10(2)16(9)11-3-4-14-15(7-11)24-18(21-14)22-17(23)12-8-13(12)19/h3-7,12-13H,8H2,1-2H3,(H,21,22,23)/t12?,13-/m0/s1. The quantitative estimate of drug-likeness (QED) is 0.774. The van der Waals surface area contributed by atoms with E-state index in [4.69, 9.17) is 0 Å². The van der Waals surface area contributed by atoms with Crippen LogP contribution in [0.5, 0.6) is 0 Å². The first-order valence-electron chi connectivity index (χ1n) is 7.81. The highest BCUT2D eigenvalue weighted by atomic mass is 32.1. The van der Waals surface area contributed by atoms with Gasteiger partial charge >= 0.3 is 0 Å². The average molecular weight is 341 g/mol. The third kappa shape index (κ3) is 2.67. The lowest BCUT2D eigenvalue weighted by atomic mass is 10.00. The molecule has 0 aliphatic heterocycles. The topological polar surface area (TPSA) is 54.9 Å². The van der Waals surface area contributed by atoms with Gasteiger partial charge in [-0.1, -0.05) is 17.4 Å². The normalized spacial score (nSPS) is 19.5. The van der Waals surface area contributed by atoms with Gasteiger partial charge in [0.2, 0.25) is 5.91 Å². The number of fused-ring (bicyclic) bond motifs is 1. The van der Waals surface area contributed by atoms with Gasteiger partial charge in [0.1, 0.15) is 6.17 Å². The van der Waals surface area contributed by atoms with Crippen molar-refractivity contribution in [2.45, 2.75) is 26.4 Å². The van der Waals surface area contributed by atoms with E-state index in [9.17, 15) is 9.18 Å². The first kappa shape index (κ1) is 15.2. The molecule has 24 heavy (non-hydrogen) atoms. The van der Waals surface area contributed by atoms with Crippen molar-refractivity contribution < 1.29 is 9.18 Å². The summed E-state index contributed by atoms with van der Waals surface area (Å²) in [4.78, 5) is 20.6. The van der Waals surface area contributed by atoms with Crippen LogP contribution in [0, 0.1) is 19.8 Å². The Labute approximate surface area is 142 Å². The van der Waals surface area contributed by atoms with Gasteiger partial charge in [-0.15, -0.1) is 0 Å². The second-order valence-corrected chi connectivity index (χ2v) is 7.17. The molecule has 1 amide bonds. The van der Waals surface area contributed by atoms with Crippen LogP contribution in [0.1, 0.15) is 17.7 Å². The molecule has 0 radical (unpaired) electrons. The van der Waals surface area contributed by atoms with Gasteiger partial charge in [0, 0.05) is 17.5 Å². The molecule has 2 atom stereocenters. The summed E-state index contributed by atoms with van der Waals surface area (Å²) < 4.78 is 13.9. The lowest BCUT2D eigenvalue weighted by Crippen LogP contribution is -2.14. The van der Waals surface area contributed by atoms with E-state index >= 15 is 0 Å². The number of rotatable bonds is 3. The van der Waals surface area contributed by atoms with Gasteiger partial charge in [-0.05, 0) is 49.6 Å². The second-order valence-electron chi connectivity index (χ2n) is 6.14. The lowest BCUT2D eigenvalue weighted by molar-refractivity contribution is -0.117. The monoisotopic (exact) mass is 341 g/mol. The van der Waals surface area contributed by atoms with Crippen molar-refractivity contribution in [3.8, 4) is 11.1 Å². The number of amides is 1. The second kappa shape index (κ2) is 5.63. The van der Waals surface area contributed by atoms with Gasteiger partial charge < -0.3 is 5.32 Å². The fraction of sp³-hybridized carbons (Fsp3) is 0.278. The molecule has 1 aliphatic rings. The van der Waals surface area contributed by atoms with E-state index in [0.29, 0.717) is 11.6 Å². The fourth-order valence-electron chi connectivity index (χ4n) is 2.90. The van der Waals surface area contributed by atoms with Crippen LogP contribution >= 0.6 is 11.3 Å². The zero-order valence-corrected chi connectivity index (χ0v) is 14.2. The first-order valence-corrected chi connectivity index (χ1v) is 8.62. The van der Waals surface area contributed by atoms with E-state index in [2.05, 4.69) is 28.3 Å². The Morgan fingerprint density at radius 3 is 2.83 bits per heavy atom. The van der Waals surface area contributed by atoms with Crippen molar-refractivity contribution in [2.24, 2.45) is 5.92 Å². The highest BCUT2D eigenvalue weighted by Gasteiger charge is 2.43. The van der Waals surface area contributed by atoms with E-state index in [1.165, 1.54) is 16.9 Å². The molecule has 0 spiro atoms. The summed E-state index contributed by atoms with van der Waals surface area (Å²) in [6.07, 6.45) is 1.13. The third-order valence-electron chi connectivity index (χ3n) is 4.31. The van der Waals surface area contributed by atoms with Crippen LogP contribution < -0.4 is 5.32 Å². The van der Waals surface area contributed by atoms with Gasteiger partial charge in [-0.3, -0.25) is 9.78 Å². The molecule has 2 heterocycles. The van der Waals surface area contributed by atoms with Crippen molar-refractivity contribution in [1.82, 2.24) is 9.97 Å². The zero-order valence-electron chi connectivity index (χ0n) is 13.3. The van der Waals surface area contributed by atoms with Crippen LogP contribution in [0.15, 0.2) is 30.5 Å². The van der Waals surface area contributed by atoms with Crippen molar-refractivity contribution in [3.05, 3.63) is 41.7 Å². The number of thiazole rings is 1. The molecule has 122 valence electrons. The fourth-order valence-corrected chi connectivity index (χ4v) is 3.81. The van der Waals surface area contributed by atoms with Crippen LogP contribution in [-0.2, 0) is 4.79 Å². The summed E-state index contributed by atoms with van der Waals surface area (Å²) in [5.41, 5.74) is 5.18. The minimum atomic E-state index is -0.998. The van der Waals surface area contributed by atoms with Gasteiger partial charge in [0.25, 0.3) is 0 Å². The summed E-state index contributed by atoms with van der Waals surface area (Å²) in [5, 5.41) is 3.24. The number of pyridine rings is 1. The number of hydrogen-bond acceptors (Lipinski definition) is 4. The van der Waals surface area contributed by atoms with E-state index in [1.807, 2.05) is 31.3 Å². The number of benzene rings is 1. The molecule has 6 heteroatoms. The highest BCUT2D eigenvalue weighted by molar-refractivity contribution is 7.22. The van der Waals surface area contributed by atoms with Crippen LogP contribution in [0.2, 0.25) is 0 Å². The third-order valence-corrected chi connectivity index (χ3v) is 5.24. The van der Waals surface area contributed by atoms with Crippen LogP contribution in [0.3, 0.4) is 0 Å². The van der Waals surface area contributed by atoms with Gasteiger partial charge in [-0.2, -0.15) is 0 Å². The van der Waals surface area contributed by atoms with Gasteiger partial charge in [0.05, 0.1) is 16.1 Å². The number of nitrogens with one attached hydrogen (secondary N) is 1. The Hall–Kier alpha value is -2.34. The van der Waals surface area contributed by atoms with E-state index < -0.39 is 12.1 Å². The number of carbonyl (C=O) groups excluding carboxylic acids is 1. The van der Waals surface area contributed by atoms with Crippen LogP contribution in [-0.4, -0.2) is 22.0 Å². The van der Waals surface area contributed by atoms with E-state index in [-0.39, 0.29) is 5.91 Å². The molecule has 4 rings (SSSR count). The molecule has 2 aromatic heterocycles. The number of aromatic nitrogens is 2. The maximum absolute atomic E-state index is 13.0. The summed E-state index contributed by atoms with van der Waals surface area (Å²) in [6.45, 7) is 4.06. The maximum atomic E-state index is 13.0. The van der Waals surface area contributed by atoms with E-state index in [1.54, 1.807) is 0 Å². The molecule has 0 saturated heterocycles. The molecule has 4 nitrogen and oxygen atoms in total. The molecule has 0 bridgehead atoms. The number of hydrogen-bond donors (Lipinski definition) is 1. The first-order chi connectivity index (χ1) is 11.5. The molecule has 1 unspecified atom stereocenters. The summed E-state index contributed by atoms with van der Waals surface area (Å²) >= 11 is 1.41. The average Bonchev–Trinajstić information content (AvgIpc) is 3.13. The Balaban J connectivity index is 1.67. The Morgan fingerprint density at radius 2 is 2.12 bits per heavy atom. The predicted octanol–water partition coefficient (Wildman–Crippen LogP) is 4.27. The predicted molar refractivity (Wildman–Crippen MR) is 94.0 cm³/mol. The summed E-state index contributed by atoms with van der Waals surface area (Å²) in [7, 11) is 0. The van der Waals surface area contributed by atoms with Crippen LogP contribution in [0.25, 0.3) is 21.3 Å². The highest BCUT2D eigenvalue weighted by Crippen LogP contribution is 2.36. The summed E-state index contributed by atoms with van der Waals surface area (Å²) in [5.74, 6) is -0.783. The number of nitrogens with zero attached hydrogens (tertiary/aromatic N) is 2. The van der Waals surface area contributed by atoms with Gasteiger partial charge in [-0.25, -0.2) is 9.37 Å². The Morgan fingerprint density at radius 1 is 1.33 bits per heavy atom. The number of carbonyl (C=O) groups is 1. The largest absolute Gasteiger partial charge is 0.302 e. The number of halogens is 1. The van der Waals surface area contributed by atoms with E-state index in [0.717, 1.165) is 27.0 Å². The smallest absolute Gasteiger partial charge is 0.232 e. The molecule has 1 fully saturated rings. The lowest BCUT2D eigenvalue weighted by Gasteiger charge is -2.08. The zero-order chi connectivity index (χ0) is 16.8. The molecule has 3 aromatic rings. The Bertz CT molecular complexity index is 932. The van der Waals surface area contributed by atoms with Crippen molar-refractivity contribution >= 4 is 32.6 Å². The molecular weight excluding hydrogens is 325 g/mol.